The molecule has 33 heavy (non-hydrogen) atoms. The zero-order chi connectivity index (χ0) is 23.4. The van der Waals surface area contributed by atoms with Crippen molar-refractivity contribution in [1.82, 2.24) is 0 Å². The van der Waals surface area contributed by atoms with E-state index >= 15 is 8.78 Å². The molecule has 0 saturated heterocycles. The molecule has 3 aliphatic carbocycles. The molecular formula is C28H37F3O2. The van der Waals surface area contributed by atoms with Crippen LogP contribution in [0.2, 0.25) is 0 Å². The Morgan fingerprint density at radius 2 is 1.42 bits per heavy atom. The van der Waals surface area contributed by atoms with Gasteiger partial charge in [-0.25, -0.2) is 13.2 Å². The lowest BCUT2D eigenvalue weighted by atomic mass is 9.77. The first-order valence-corrected chi connectivity index (χ1v) is 12.6. The lowest BCUT2D eigenvalue weighted by Gasteiger charge is -2.31. The Bertz CT molecular complexity index is 836. The number of rotatable bonds is 7. The van der Waals surface area contributed by atoms with Gasteiger partial charge in [0.05, 0.1) is 12.7 Å². The van der Waals surface area contributed by atoms with E-state index in [9.17, 15) is 4.39 Å². The van der Waals surface area contributed by atoms with Crippen LogP contribution in [0.4, 0.5) is 13.2 Å². The normalized spacial score (nSPS) is 32.9. The minimum Gasteiger partial charge on any atom is -0.378 e. The molecule has 2 fully saturated rings. The van der Waals surface area contributed by atoms with E-state index < -0.39 is 17.7 Å². The molecule has 2 atom stereocenters. The molecule has 0 amide bonds. The number of methoxy groups -OCH3 is 1. The number of allylic oxidation sites excluding steroid dienone is 1. The number of halogens is 3. The van der Waals surface area contributed by atoms with E-state index in [1.807, 2.05) is 18.2 Å². The number of benzene rings is 1. The van der Waals surface area contributed by atoms with Crippen LogP contribution in [0.1, 0.15) is 87.2 Å². The monoisotopic (exact) mass is 462 g/mol. The van der Waals surface area contributed by atoms with Gasteiger partial charge in [-0.05, 0) is 99.2 Å². The van der Waals surface area contributed by atoms with Crippen molar-refractivity contribution in [3.8, 4) is 0 Å². The first-order valence-electron chi connectivity index (χ1n) is 12.6. The van der Waals surface area contributed by atoms with Crippen molar-refractivity contribution < 1.29 is 22.6 Å². The summed E-state index contributed by atoms with van der Waals surface area (Å²) in [6, 6.07) is 3.65. The zero-order valence-electron chi connectivity index (χ0n) is 19.7. The fourth-order valence-electron chi connectivity index (χ4n) is 5.96. The van der Waals surface area contributed by atoms with Crippen LogP contribution in [0.15, 0.2) is 36.7 Å². The summed E-state index contributed by atoms with van der Waals surface area (Å²) in [7, 11) is 1.53. The van der Waals surface area contributed by atoms with Crippen molar-refractivity contribution in [2.45, 2.75) is 88.3 Å². The fourth-order valence-corrected chi connectivity index (χ4v) is 5.96. The fraction of sp³-hybridized carbons (Fsp3) is 0.643. The standard InChI is InChI=1S/C28H37F3O2/c1-3-18-4-7-20(8-5-18)23-13-14-24(28(31)27(23)30)21-9-11-22(12-10-21)33-17-19-6-15-26(32-2)25(29)16-19/h3,13-14,16,18-22,26H,1,4-12,15,17H2,2H3. The van der Waals surface area contributed by atoms with Gasteiger partial charge in [-0.2, -0.15) is 0 Å². The SMILES string of the molecule is C=CC1CCC(c2ccc(C3CCC(OCC4C=C(F)C(OC)CC4)CC3)c(F)c2F)CC1. The van der Waals surface area contributed by atoms with Crippen molar-refractivity contribution in [1.29, 1.82) is 0 Å². The molecule has 2 unspecified atom stereocenters. The highest BCUT2D eigenvalue weighted by Crippen LogP contribution is 2.41. The molecule has 0 aromatic heterocycles. The van der Waals surface area contributed by atoms with E-state index in [1.165, 1.54) is 7.11 Å². The van der Waals surface area contributed by atoms with Crippen molar-refractivity contribution in [3.63, 3.8) is 0 Å². The average molecular weight is 463 g/mol. The summed E-state index contributed by atoms with van der Waals surface area (Å²) in [5, 5.41) is 0. The van der Waals surface area contributed by atoms with E-state index in [0.717, 1.165) is 57.8 Å². The van der Waals surface area contributed by atoms with Crippen LogP contribution in [0.25, 0.3) is 0 Å². The summed E-state index contributed by atoms with van der Waals surface area (Å²) in [6.45, 7) is 4.37. The molecule has 0 radical (unpaired) electrons. The predicted molar refractivity (Wildman–Crippen MR) is 125 cm³/mol. The molecule has 182 valence electrons. The second-order valence-corrected chi connectivity index (χ2v) is 10.1. The Hall–Kier alpha value is -1.59. The Kier molecular flexibility index (Phi) is 8.34. The third kappa shape index (κ3) is 5.74. The van der Waals surface area contributed by atoms with Crippen LogP contribution >= 0.6 is 0 Å². The molecule has 0 spiro atoms. The maximum atomic E-state index is 15.1. The Labute approximate surface area is 196 Å². The number of ether oxygens (including phenoxy) is 2. The Morgan fingerprint density at radius 3 is 1.94 bits per heavy atom. The largest absolute Gasteiger partial charge is 0.378 e. The third-order valence-electron chi connectivity index (χ3n) is 8.13. The Balaban J connectivity index is 1.29. The minimum atomic E-state index is -0.654. The van der Waals surface area contributed by atoms with Gasteiger partial charge in [-0.15, -0.1) is 6.58 Å². The molecule has 0 aliphatic heterocycles. The first kappa shape index (κ1) is 24.5. The predicted octanol–water partition coefficient (Wildman–Crippen LogP) is 7.75. The van der Waals surface area contributed by atoms with E-state index in [0.29, 0.717) is 30.1 Å². The number of hydrogen-bond acceptors (Lipinski definition) is 2. The molecule has 2 saturated carbocycles. The van der Waals surface area contributed by atoms with Crippen molar-refractivity contribution in [3.05, 3.63) is 59.5 Å². The molecule has 0 bridgehead atoms. The maximum absolute atomic E-state index is 15.1. The summed E-state index contributed by atoms with van der Waals surface area (Å²) < 4.78 is 55.2. The molecule has 1 aromatic carbocycles. The topological polar surface area (TPSA) is 18.5 Å². The van der Waals surface area contributed by atoms with Crippen molar-refractivity contribution >= 4 is 0 Å². The maximum Gasteiger partial charge on any atom is 0.162 e. The summed E-state index contributed by atoms with van der Waals surface area (Å²) in [5.74, 6) is -0.787. The van der Waals surface area contributed by atoms with Crippen LogP contribution in [0.3, 0.4) is 0 Å². The summed E-state index contributed by atoms with van der Waals surface area (Å²) in [5.41, 5.74) is 1.05. The lowest BCUT2D eigenvalue weighted by Crippen LogP contribution is -2.26. The van der Waals surface area contributed by atoms with Gasteiger partial charge in [0.1, 0.15) is 11.9 Å². The van der Waals surface area contributed by atoms with Crippen LogP contribution in [0, 0.1) is 23.5 Å². The van der Waals surface area contributed by atoms with E-state index in [2.05, 4.69) is 6.58 Å². The van der Waals surface area contributed by atoms with E-state index in [1.54, 1.807) is 6.08 Å². The van der Waals surface area contributed by atoms with Crippen LogP contribution in [-0.4, -0.2) is 25.9 Å². The second-order valence-electron chi connectivity index (χ2n) is 10.1. The van der Waals surface area contributed by atoms with E-state index in [4.69, 9.17) is 9.47 Å². The number of hydrogen-bond donors (Lipinski definition) is 0. The molecule has 0 N–H and O–H groups in total. The van der Waals surface area contributed by atoms with Gasteiger partial charge in [0.25, 0.3) is 0 Å². The van der Waals surface area contributed by atoms with Gasteiger partial charge in [-0.3, -0.25) is 0 Å². The highest BCUT2D eigenvalue weighted by Gasteiger charge is 2.30. The van der Waals surface area contributed by atoms with Gasteiger partial charge >= 0.3 is 0 Å². The first-order chi connectivity index (χ1) is 16.0. The molecule has 2 nitrogen and oxygen atoms in total. The van der Waals surface area contributed by atoms with Gasteiger partial charge < -0.3 is 9.47 Å². The molecule has 1 aromatic rings. The van der Waals surface area contributed by atoms with Gasteiger partial charge in [0.15, 0.2) is 11.6 Å². The highest BCUT2D eigenvalue weighted by atomic mass is 19.2. The van der Waals surface area contributed by atoms with E-state index in [-0.39, 0.29) is 29.7 Å². The smallest absolute Gasteiger partial charge is 0.162 e. The molecule has 3 aliphatic rings. The Morgan fingerprint density at radius 1 is 0.848 bits per heavy atom. The second kappa shape index (κ2) is 11.2. The third-order valence-corrected chi connectivity index (χ3v) is 8.13. The average Bonchev–Trinajstić information content (AvgIpc) is 2.85. The molecule has 4 rings (SSSR count). The van der Waals surface area contributed by atoms with Crippen molar-refractivity contribution in [2.75, 3.05) is 13.7 Å². The zero-order valence-corrected chi connectivity index (χ0v) is 19.7. The summed E-state index contributed by atoms with van der Waals surface area (Å²) in [4.78, 5) is 0. The van der Waals surface area contributed by atoms with Gasteiger partial charge in [-0.1, -0.05) is 18.2 Å². The molecule has 5 heteroatoms. The summed E-state index contributed by atoms with van der Waals surface area (Å²) in [6.07, 6.45) is 11.8. The van der Waals surface area contributed by atoms with Crippen LogP contribution in [0.5, 0.6) is 0 Å². The summed E-state index contributed by atoms with van der Waals surface area (Å²) >= 11 is 0. The lowest BCUT2D eigenvalue weighted by molar-refractivity contribution is 0.00378. The molecule has 0 heterocycles. The van der Waals surface area contributed by atoms with Crippen LogP contribution in [-0.2, 0) is 9.47 Å². The quantitative estimate of drug-likeness (QED) is 0.386. The molecular weight excluding hydrogens is 425 g/mol. The minimum absolute atomic E-state index is 0.0272. The van der Waals surface area contributed by atoms with Gasteiger partial charge in [0, 0.05) is 13.0 Å². The van der Waals surface area contributed by atoms with Crippen molar-refractivity contribution in [2.24, 2.45) is 11.8 Å². The highest BCUT2D eigenvalue weighted by molar-refractivity contribution is 5.32. The van der Waals surface area contributed by atoms with Gasteiger partial charge in [0.2, 0.25) is 0 Å². The van der Waals surface area contributed by atoms with Crippen LogP contribution < -0.4 is 0 Å².